The minimum atomic E-state index is -0.240. The Kier molecular flexibility index (Phi) is 2.52. The fourth-order valence-corrected chi connectivity index (χ4v) is 2.77. The Morgan fingerprint density at radius 1 is 0.850 bits per heavy atom. The van der Waals surface area contributed by atoms with Crippen LogP contribution in [0.15, 0.2) is 36.4 Å². The van der Waals surface area contributed by atoms with E-state index in [1.54, 1.807) is 0 Å². The molecular weight excluding hydrogens is 246 g/mol. The minimum absolute atomic E-state index is 0.240. The molecule has 20 heavy (non-hydrogen) atoms. The van der Waals surface area contributed by atoms with Crippen molar-refractivity contribution in [3.63, 3.8) is 0 Å². The van der Waals surface area contributed by atoms with Gasteiger partial charge in [-0.2, -0.15) is 10.5 Å². The predicted molar refractivity (Wildman–Crippen MR) is 77.7 cm³/mol. The Morgan fingerprint density at radius 2 is 1.30 bits per heavy atom. The lowest BCUT2D eigenvalue weighted by molar-refractivity contribution is 0.637. The van der Waals surface area contributed by atoms with Crippen LogP contribution in [-0.4, -0.2) is 0 Å². The summed E-state index contributed by atoms with van der Waals surface area (Å²) < 4.78 is 0. The molecule has 0 saturated carbocycles. The second-order valence-corrected chi connectivity index (χ2v) is 5.49. The highest BCUT2D eigenvalue weighted by Crippen LogP contribution is 2.45. The molecule has 0 radical (unpaired) electrons. The lowest BCUT2D eigenvalue weighted by atomic mass is 9.73. The molecular formula is C17H13N3. The molecule has 0 aromatic heterocycles. The summed E-state index contributed by atoms with van der Waals surface area (Å²) in [5.41, 5.74) is 5.27. The highest BCUT2D eigenvalue weighted by molar-refractivity contribution is 5.76. The number of anilines is 2. The van der Waals surface area contributed by atoms with Crippen LogP contribution in [0.4, 0.5) is 11.4 Å². The van der Waals surface area contributed by atoms with Gasteiger partial charge in [-0.3, -0.25) is 0 Å². The molecule has 3 nitrogen and oxygen atoms in total. The first-order valence-electron chi connectivity index (χ1n) is 6.42. The van der Waals surface area contributed by atoms with Crippen molar-refractivity contribution in [3.8, 4) is 12.1 Å². The third-order valence-corrected chi connectivity index (χ3v) is 3.91. The SMILES string of the molecule is CC1(C)c2cc(C#N)ccc2Nc2ccc(C#N)cc21. The minimum Gasteiger partial charge on any atom is -0.355 e. The Balaban J connectivity index is 2.25. The van der Waals surface area contributed by atoms with Crippen LogP contribution in [0.3, 0.4) is 0 Å². The first-order chi connectivity index (χ1) is 9.56. The number of nitriles is 2. The van der Waals surface area contributed by atoms with Gasteiger partial charge in [0.2, 0.25) is 0 Å². The monoisotopic (exact) mass is 259 g/mol. The van der Waals surface area contributed by atoms with Crippen LogP contribution in [0.1, 0.15) is 36.1 Å². The average molecular weight is 259 g/mol. The third-order valence-electron chi connectivity index (χ3n) is 3.91. The molecule has 0 aliphatic carbocycles. The number of nitrogens with one attached hydrogen (secondary N) is 1. The van der Waals surface area contributed by atoms with Crippen LogP contribution >= 0.6 is 0 Å². The first kappa shape index (κ1) is 12.3. The molecule has 2 aromatic carbocycles. The van der Waals surface area contributed by atoms with Gasteiger partial charge < -0.3 is 5.32 Å². The van der Waals surface area contributed by atoms with Crippen LogP contribution < -0.4 is 5.32 Å². The number of hydrogen-bond donors (Lipinski definition) is 1. The maximum absolute atomic E-state index is 9.07. The molecule has 96 valence electrons. The van der Waals surface area contributed by atoms with Crippen LogP contribution in [0.5, 0.6) is 0 Å². The lowest BCUT2D eigenvalue weighted by Crippen LogP contribution is -2.26. The van der Waals surface area contributed by atoms with E-state index in [-0.39, 0.29) is 5.41 Å². The summed E-state index contributed by atoms with van der Waals surface area (Å²) in [4.78, 5) is 0. The van der Waals surface area contributed by atoms with Crippen molar-refractivity contribution in [3.05, 3.63) is 58.7 Å². The van der Waals surface area contributed by atoms with Gasteiger partial charge in [-0.1, -0.05) is 13.8 Å². The molecule has 0 saturated heterocycles. The molecule has 1 aliphatic rings. The van der Waals surface area contributed by atoms with E-state index in [0.29, 0.717) is 11.1 Å². The summed E-state index contributed by atoms with van der Waals surface area (Å²) in [6, 6.07) is 15.7. The summed E-state index contributed by atoms with van der Waals surface area (Å²) in [7, 11) is 0. The quantitative estimate of drug-likeness (QED) is 0.782. The molecule has 0 unspecified atom stereocenters. The summed E-state index contributed by atoms with van der Waals surface area (Å²) >= 11 is 0. The van der Waals surface area contributed by atoms with Gasteiger partial charge in [-0.05, 0) is 47.5 Å². The van der Waals surface area contributed by atoms with E-state index in [1.165, 1.54) is 0 Å². The maximum Gasteiger partial charge on any atom is 0.0991 e. The van der Waals surface area contributed by atoms with Crippen molar-refractivity contribution in [2.75, 3.05) is 5.32 Å². The Labute approximate surface area is 118 Å². The molecule has 0 bridgehead atoms. The molecule has 0 fully saturated rings. The summed E-state index contributed by atoms with van der Waals surface area (Å²) in [6.07, 6.45) is 0. The number of fused-ring (bicyclic) bond motifs is 2. The lowest BCUT2D eigenvalue weighted by Gasteiger charge is -2.35. The topological polar surface area (TPSA) is 59.6 Å². The van der Waals surface area contributed by atoms with Crippen LogP contribution in [0.2, 0.25) is 0 Å². The highest BCUT2D eigenvalue weighted by Gasteiger charge is 2.32. The highest BCUT2D eigenvalue weighted by atomic mass is 14.9. The van der Waals surface area contributed by atoms with Gasteiger partial charge >= 0.3 is 0 Å². The number of rotatable bonds is 0. The normalized spacial score (nSPS) is 14.2. The molecule has 3 heteroatoms. The first-order valence-corrected chi connectivity index (χ1v) is 6.42. The molecule has 1 N–H and O–H groups in total. The van der Waals surface area contributed by atoms with E-state index in [9.17, 15) is 0 Å². The standard InChI is InChI=1S/C17H13N3/c1-17(2)13-7-11(9-18)3-5-15(13)20-16-6-4-12(10-19)8-14(16)17/h3-8,20H,1-2H3. The fraction of sp³-hybridized carbons (Fsp3) is 0.176. The van der Waals surface area contributed by atoms with E-state index in [4.69, 9.17) is 10.5 Å². The van der Waals surface area contributed by atoms with Gasteiger partial charge in [-0.15, -0.1) is 0 Å². The average Bonchev–Trinajstić information content (AvgIpc) is 2.47. The second kappa shape index (κ2) is 4.11. The van der Waals surface area contributed by atoms with E-state index in [0.717, 1.165) is 22.5 Å². The predicted octanol–water partition coefficient (Wildman–Crippen LogP) is 3.81. The van der Waals surface area contributed by atoms with Crippen molar-refractivity contribution in [2.24, 2.45) is 0 Å². The zero-order valence-corrected chi connectivity index (χ0v) is 11.4. The summed E-state index contributed by atoms with van der Waals surface area (Å²) in [5.74, 6) is 0. The number of benzene rings is 2. The molecule has 2 aromatic rings. The van der Waals surface area contributed by atoms with Gasteiger partial charge in [0.1, 0.15) is 0 Å². The Hall–Kier alpha value is -2.78. The molecule has 3 rings (SSSR count). The summed E-state index contributed by atoms with van der Waals surface area (Å²) in [6.45, 7) is 4.24. The van der Waals surface area contributed by atoms with Crippen LogP contribution in [0, 0.1) is 22.7 Å². The van der Waals surface area contributed by atoms with Crippen molar-refractivity contribution in [2.45, 2.75) is 19.3 Å². The van der Waals surface area contributed by atoms with E-state index < -0.39 is 0 Å². The zero-order valence-electron chi connectivity index (χ0n) is 11.4. The van der Waals surface area contributed by atoms with Gasteiger partial charge in [-0.25, -0.2) is 0 Å². The van der Waals surface area contributed by atoms with E-state index in [1.807, 2.05) is 36.4 Å². The van der Waals surface area contributed by atoms with Crippen molar-refractivity contribution in [1.82, 2.24) is 0 Å². The molecule has 0 atom stereocenters. The van der Waals surface area contributed by atoms with Gasteiger partial charge in [0.05, 0.1) is 23.3 Å². The van der Waals surface area contributed by atoms with Crippen molar-refractivity contribution in [1.29, 1.82) is 10.5 Å². The van der Waals surface area contributed by atoms with Gasteiger partial charge in [0.15, 0.2) is 0 Å². The van der Waals surface area contributed by atoms with Crippen molar-refractivity contribution < 1.29 is 0 Å². The third kappa shape index (κ3) is 1.65. The maximum atomic E-state index is 9.07. The number of hydrogen-bond acceptors (Lipinski definition) is 3. The Morgan fingerprint density at radius 3 is 1.70 bits per heavy atom. The van der Waals surface area contributed by atoms with Gasteiger partial charge in [0.25, 0.3) is 0 Å². The van der Waals surface area contributed by atoms with E-state index in [2.05, 4.69) is 31.3 Å². The zero-order chi connectivity index (χ0) is 14.3. The fourth-order valence-electron chi connectivity index (χ4n) is 2.77. The second-order valence-electron chi connectivity index (χ2n) is 5.49. The molecule has 0 amide bonds. The van der Waals surface area contributed by atoms with Crippen molar-refractivity contribution >= 4 is 11.4 Å². The molecule has 1 heterocycles. The Bertz CT molecular complexity index is 723. The number of nitrogens with zero attached hydrogens (tertiary/aromatic N) is 2. The smallest absolute Gasteiger partial charge is 0.0991 e. The summed E-state index contributed by atoms with van der Waals surface area (Å²) in [5, 5.41) is 21.5. The largest absolute Gasteiger partial charge is 0.355 e. The molecule has 1 aliphatic heterocycles. The van der Waals surface area contributed by atoms with Crippen LogP contribution in [-0.2, 0) is 5.41 Å². The molecule has 0 spiro atoms. The van der Waals surface area contributed by atoms with Gasteiger partial charge in [0, 0.05) is 16.8 Å². The van der Waals surface area contributed by atoms with E-state index >= 15 is 0 Å². The van der Waals surface area contributed by atoms with Crippen LogP contribution in [0.25, 0.3) is 0 Å².